The fraction of sp³-hybridized carbons (Fsp3) is 0.447. The van der Waals surface area contributed by atoms with Crippen LogP contribution < -0.4 is 16.0 Å². The lowest BCUT2D eigenvalue weighted by Crippen LogP contribution is -2.42. The molecule has 3 N–H and O–H groups in total. The van der Waals surface area contributed by atoms with Crippen LogP contribution in [0, 0.1) is 0 Å². The second kappa shape index (κ2) is 16.9. The standard InChI is InChI=1S/C38H49N3O5/c1-5-35(42)34(21-13-14-23-40-36(43)46-38(2,3)4)39-24-22-28(25-27-15-7-6-8-16-27)41-37(44)45-26-33-31-19-11-9-17-29(31)30-18-10-12-20-32(30)33/h6-12,15-20,28,33-34,39H,5,13-14,21-26H2,1-4H3,(H,40,43)(H,41,44)/t28-,34-/m0/s1. The minimum absolute atomic E-state index is 0.00691. The van der Waals surface area contributed by atoms with Crippen molar-refractivity contribution in [3.05, 3.63) is 95.6 Å². The van der Waals surface area contributed by atoms with Crippen molar-refractivity contribution in [1.29, 1.82) is 0 Å². The minimum atomic E-state index is -0.537. The number of nitrogens with one attached hydrogen (secondary N) is 3. The molecule has 1 aliphatic carbocycles. The average molecular weight is 628 g/mol. The zero-order valence-corrected chi connectivity index (χ0v) is 27.6. The molecule has 0 aromatic heterocycles. The second-order valence-electron chi connectivity index (χ2n) is 12.9. The van der Waals surface area contributed by atoms with Gasteiger partial charge in [0, 0.05) is 24.9 Å². The molecule has 0 unspecified atom stereocenters. The van der Waals surface area contributed by atoms with Crippen molar-refractivity contribution in [3.8, 4) is 11.1 Å². The van der Waals surface area contributed by atoms with Gasteiger partial charge in [-0.05, 0) is 87.2 Å². The Labute approximate surface area is 273 Å². The fourth-order valence-electron chi connectivity index (χ4n) is 5.96. The summed E-state index contributed by atoms with van der Waals surface area (Å²) in [6, 6.07) is 26.2. The summed E-state index contributed by atoms with van der Waals surface area (Å²) >= 11 is 0. The van der Waals surface area contributed by atoms with Crippen molar-refractivity contribution in [2.24, 2.45) is 0 Å². The van der Waals surface area contributed by atoms with Gasteiger partial charge in [-0.15, -0.1) is 0 Å². The molecule has 0 heterocycles. The Balaban J connectivity index is 1.29. The van der Waals surface area contributed by atoms with E-state index in [1.807, 2.05) is 70.2 Å². The number of alkyl carbamates (subject to hydrolysis) is 2. The molecule has 0 aliphatic heterocycles. The number of unbranched alkanes of at least 4 members (excludes halogenated alkanes) is 1. The molecule has 246 valence electrons. The van der Waals surface area contributed by atoms with Gasteiger partial charge in [0.15, 0.2) is 0 Å². The smallest absolute Gasteiger partial charge is 0.407 e. The van der Waals surface area contributed by atoms with Gasteiger partial charge in [-0.25, -0.2) is 9.59 Å². The van der Waals surface area contributed by atoms with E-state index in [9.17, 15) is 14.4 Å². The Morgan fingerprint density at radius 2 is 1.41 bits per heavy atom. The summed E-state index contributed by atoms with van der Waals surface area (Å²) in [4.78, 5) is 37.8. The molecule has 1 aliphatic rings. The maximum Gasteiger partial charge on any atom is 0.407 e. The normalized spacial score (nSPS) is 13.7. The van der Waals surface area contributed by atoms with Crippen LogP contribution in [0.2, 0.25) is 0 Å². The minimum Gasteiger partial charge on any atom is -0.449 e. The Hall–Kier alpha value is -4.17. The van der Waals surface area contributed by atoms with Crippen LogP contribution in [0.15, 0.2) is 78.9 Å². The molecule has 46 heavy (non-hydrogen) atoms. The van der Waals surface area contributed by atoms with Gasteiger partial charge in [0.2, 0.25) is 0 Å². The summed E-state index contributed by atoms with van der Waals surface area (Å²) < 4.78 is 11.1. The van der Waals surface area contributed by atoms with Crippen molar-refractivity contribution < 1.29 is 23.9 Å². The molecule has 2 atom stereocenters. The number of rotatable bonds is 16. The van der Waals surface area contributed by atoms with E-state index in [-0.39, 0.29) is 30.4 Å². The summed E-state index contributed by atoms with van der Waals surface area (Å²) in [6.07, 6.45) is 3.05. The highest BCUT2D eigenvalue weighted by molar-refractivity contribution is 5.83. The Morgan fingerprint density at radius 1 is 0.783 bits per heavy atom. The number of amides is 2. The lowest BCUT2D eigenvalue weighted by molar-refractivity contribution is -0.121. The number of carbonyl (C=O) groups excluding carboxylic acids is 3. The van der Waals surface area contributed by atoms with E-state index in [0.717, 1.165) is 18.4 Å². The lowest BCUT2D eigenvalue weighted by Gasteiger charge is -2.22. The van der Waals surface area contributed by atoms with Crippen LogP contribution in [0.1, 0.15) is 82.4 Å². The van der Waals surface area contributed by atoms with Crippen molar-refractivity contribution >= 4 is 18.0 Å². The van der Waals surface area contributed by atoms with Crippen LogP contribution in [0.4, 0.5) is 9.59 Å². The van der Waals surface area contributed by atoms with E-state index in [0.29, 0.717) is 38.8 Å². The van der Waals surface area contributed by atoms with E-state index < -0.39 is 17.8 Å². The molecule has 4 rings (SSSR count). The maximum absolute atomic E-state index is 13.2. The Morgan fingerprint density at radius 3 is 2.04 bits per heavy atom. The molecular weight excluding hydrogens is 578 g/mol. The first-order valence-corrected chi connectivity index (χ1v) is 16.5. The number of benzene rings is 3. The topological polar surface area (TPSA) is 106 Å². The first-order chi connectivity index (χ1) is 22.1. The Bertz CT molecular complexity index is 1390. The molecule has 0 bridgehead atoms. The Kier molecular flexibility index (Phi) is 12.8. The summed E-state index contributed by atoms with van der Waals surface area (Å²) in [5.41, 5.74) is 5.31. The highest BCUT2D eigenvalue weighted by Crippen LogP contribution is 2.44. The maximum atomic E-state index is 13.2. The van der Waals surface area contributed by atoms with Crippen LogP contribution in [-0.4, -0.2) is 55.4 Å². The van der Waals surface area contributed by atoms with Crippen LogP contribution >= 0.6 is 0 Å². The van der Waals surface area contributed by atoms with E-state index in [2.05, 4.69) is 52.3 Å². The van der Waals surface area contributed by atoms with Gasteiger partial charge < -0.3 is 25.4 Å². The van der Waals surface area contributed by atoms with Crippen molar-refractivity contribution in [2.75, 3.05) is 19.7 Å². The largest absolute Gasteiger partial charge is 0.449 e. The molecule has 0 fully saturated rings. The molecule has 3 aromatic carbocycles. The fourth-order valence-corrected chi connectivity index (χ4v) is 5.96. The van der Waals surface area contributed by atoms with Crippen LogP contribution in [0.25, 0.3) is 11.1 Å². The molecular formula is C38H49N3O5. The SMILES string of the molecule is CCC(=O)[C@H](CCCCNC(=O)OC(C)(C)C)NCC[C@@H](Cc1ccccc1)NC(=O)OCC1c2ccccc2-c2ccccc21. The summed E-state index contributed by atoms with van der Waals surface area (Å²) in [7, 11) is 0. The van der Waals surface area contributed by atoms with Gasteiger partial charge in [-0.1, -0.05) is 85.8 Å². The zero-order chi connectivity index (χ0) is 32.9. The molecule has 3 aromatic rings. The first-order valence-electron chi connectivity index (χ1n) is 16.5. The number of ether oxygens (including phenoxy) is 2. The molecule has 0 spiro atoms. The number of fused-ring (bicyclic) bond motifs is 3. The van der Waals surface area contributed by atoms with Gasteiger partial charge in [0.05, 0.1) is 6.04 Å². The van der Waals surface area contributed by atoms with Gasteiger partial charge >= 0.3 is 12.2 Å². The quantitative estimate of drug-likeness (QED) is 0.146. The number of ketones is 1. The second-order valence-corrected chi connectivity index (χ2v) is 12.9. The molecule has 0 saturated carbocycles. The van der Waals surface area contributed by atoms with Crippen molar-refractivity contribution in [1.82, 2.24) is 16.0 Å². The molecule has 0 radical (unpaired) electrons. The van der Waals surface area contributed by atoms with Gasteiger partial charge in [-0.3, -0.25) is 4.79 Å². The van der Waals surface area contributed by atoms with Crippen LogP contribution in [0.5, 0.6) is 0 Å². The number of hydrogen-bond donors (Lipinski definition) is 3. The van der Waals surface area contributed by atoms with Gasteiger partial charge in [0.25, 0.3) is 0 Å². The summed E-state index contributed by atoms with van der Waals surface area (Å²) in [5, 5.41) is 9.31. The highest BCUT2D eigenvalue weighted by atomic mass is 16.6. The predicted octanol–water partition coefficient (Wildman–Crippen LogP) is 7.16. The van der Waals surface area contributed by atoms with E-state index >= 15 is 0 Å². The molecule has 2 amide bonds. The van der Waals surface area contributed by atoms with Gasteiger partial charge in [-0.2, -0.15) is 0 Å². The van der Waals surface area contributed by atoms with Crippen LogP contribution in [0.3, 0.4) is 0 Å². The third-order valence-corrected chi connectivity index (χ3v) is 8.20. The highest BCUT2D eigenvalue weighted by Gasteiger charge is 2.29. The number of carbonyl (C=O) groups is 3. The third kappa shape index (κ3) is 10.4. The molecule has 8 nitrogen and oxygen atoms in total. The van der Waals surface area contributed by atoms with E-state index in [1.54, 1.807) is 0 Å². The summed E-state index contributed by atoms with van der Waals surface area (Å²) in [5.74, 6) is 0.150. The van der Waals surface area contributed by atoms with Crippen molar-refractivity contribution in [2.45, 2.75) is 89.8 Å². The average Bonchev–Trinajstić information content (AvgIpc) is 3.35. The molecule has 8 heteroatoms. The van der Waals surface area contributed by atoms with Crippen molar-refractivity contribution in [3.63, 3.8) is 0 Å². The predicted molar refractivity (Wildman–Crippen MR) is 182 cm³/mol. The monoisotopic (exact) mass is 627 g/mol. The molecule has 0 saturated heterocycles. The zero-order valence-electron chi connectivity index (χ0n) is 27.6. The van der Waals surface area contributed by atoms with E-state index in [1.165, 1.54) is 22.3 Å². The summed E-state index contributed by atoms with van der Waals surface area (Å²) in [6.45, 7) is 8.67. The third-order valence-electron chi connectivity index (χ3n) is 8.20. The number of Topliss-reactive ketones (excluding diaryl/α,β-unsaturated/α-hetero) is 1. The first kappa shape index (κ1) is 34.7. The van der Waals surface area contributed by atoms with Gasteiger partial charge in [0.1, 0.15) is 18.0 Å². The van der Waals surface area contributed by atoms with Crippen LogP contribution in [-0.2, 0) is 20.7 Å². The number of hydrogen-bond acceptors (Lipinski definition) is 6. The van der Waals surface area contributed by atoms with E-state index in [4.69, 9.17) is 9.47 Å². The lowest BCUT2D eigenvalue weighted by atomic mass is 9.98.